The summed E-state index contributed by atoms with van der Waals surface area (Å²) in [6, 6.07) is 2.36. The summed E-state index contributed by atoms with van der Waals surface area (Å²) in [5.41, 5.74) is 0.963. The highest BCUT2D eigenvalue weighted by Gasteiger charge is 2.31. The van der Waals surface area contributed by atoms with E-state index in [2.05, 4.69) is 18.9 Å². The zero-order valence-electron chi connectivity index (χ0n) is 10.8. The molecule has 17 heavy (non-hydrogen) atoms. The number of hydrogen-bond acceptors (Lipinski definition) is 3. The Kier molecular flexibility index (Phi) is 3.84. The van der Waals surface area contributed by atoms with E-state index >= 15 is 0 Å². The van der Waals surface area contributed by atoms with E-state index in [1.807, 2.05) is 23.9 Å². The molecule has 1 fully saturated rings. The fraction of sp³-hybridized carbons (Fsp3) is 0.769. The van der Waals surface area contributed by atoms with Gasteiger partial charge in [0.1, 0.15) is 0 Å². The van der Waals surface area contributed by atoms with Gasteiger partial charge in [0.05, 0.1) is 17.9 Å². The van der Waals surface area contributed by atoms with E-state index in [0.29, 0.717) is 12.5 Å². The summed E-state index contributed by atoms with van der Waals surface area (Å²) in [6.45, 7) is 7.00. The van der Waals surface area contributed by atoms with Crippen LogP contribution in [0.15, 0.2) is 12.3 Å². The lowest BCUT2D eigenvalue weighted by Crippen LogP contribution is -2.28. The van der Waals surface area contributed by atoms with Gasteiger partial charge >= 0.3 is 0 Å². The number of aliphatic hydroxyl groups is 1. The van der Waals surface area contributed by atoms with E-state index in [1.165, 1.54) is 0 Å². The first kappa shape index (κ1) is 12.6. The number of hydrogen-bond donors (Lipinski definition) is 1. The number of aromatic nitrogens is 2. The Bertz CT molecular complexity index is 362. The van der Waals surface area contributed by atoms with Crippen LogP contribution in [0.4, 0.5) is 0 Å². The lowest BCUT2D eigenvalue weighted by atomic mass is 9.93. The predicted octanol–water partition coefficient (Wildman–Crippen LogP) is 1.79. The highest BCUT2D eigenvalue weighted by atomic mass is 16.5. The Morgan fingerprint density at radius 3 is 2.88 bits per heavy atom. The molecule has 1 saturated heterocycles. The van der Waals surface area contributed by atoms with E-state index in [1.54, 1.807) is 0 Å². The Hall–Kier alpha value is -0.870. The summed E-state index contributed by atoms with van der Waals surface area (Å²) >= 11 is 0. The molecular formula is C13H22N2O2. The van der Waals surface area contributed by atoms with E-state index in [-0.39, 0.29) is 18.1 Å². The fourth-order valence-electron chi connectivity index (χ4n) is 2.39. The van der Waals surface area contributed by atoms with E-state index < -0.39 is 0 Å². The Balaban J connectivity index is 1.95. The molecule has 1 N–H and O–H groups in total. The van der Waals surface area contributed by atoms with Crippen molar-refractivity contribution < 1.29 is 9.84 Å². The second kappa shape index (κ2) is 5.19. The minimum atomic E-state index is -0.344. The standard InChI is InChI=1S/C13H22N2O2/c1-9(2)15-6-4-11(14-15)8-13(16)12-5-7-17-10(12)3/h4,6,9-10,12-13,16H,5,7-8H2,1-3H3. The van der Waals surface area contributed by atoms with Gasteiger partial charge in [0.25, 0.3) is 0 Å². The molecule has 96 valence electrons. The van der Waals surface area contributed by atoms with Crippen LogP contribution in [0, 0.1) is 5.92 Å². The molecule has 0 bridgehead atoms. The molecule has 0 amide bonds. The molecule has 4 heteroatoms. The van der Waals surface area contributed by atoms with Crippen molar-refractivity contribution in [3.63, 3.8) is 0 Å². The Morgan fingerprint density at radius 2 is 2.35 bits per heavy atom. The van der Waals surface area contributed by atoms with E-state index in [4.69, 9.17) is 4.74 Å². The topological polar surface area (TPSA) is 47.3 Å². The average Bonchev–Trinajstić information content (AvgIpc) is 2.86. The number of aliphatic hydroxyl groups excluding tert-OH is 1. The van der Waals surface area contributed by atoms with Crippen LogP contribution >= 0.6 is 0 Å². The van der Waals surface area contributed by atoms with Gasteiger partial charge in [-0.15, -0.1) is 0 Å². The molecule has 3 atom stereocenters. The van der Waals surface area contributed by atoms with Crippen molar-refractivity contribution in [1.82, 2.24) is 9.78 Å². The van der Waals surface area contributed by atoms with Crippen LogP contribution in [0.5, 0.6) is 0 Å². The van der Waals surface area contributed by atoms with Crippen molar-refractivity contribution >= 4 is 0 Å². The maximum Gasteiger partial charge on any atom is 0.0650 e. The predicted molar refractivity (Wildman–Crippen MR) is 65.8 cm³/mol. The largest absolute Gasteiger partial charge is 0.392 e. The molecule has 1 aliphatic rings. The minimum Gasteiger partial charge on any atom is -0.392 e. The fourth-order valence-corrected chi connectivity index (χ4v) is 2.39. The van der Waals surface area contributed by atoms with Crippen molar-refractivity contribution in [3.8, 4) is 0 Å². The van der Waals surface area contributed by atoms with Crippen molar-refractivity contribution in [2.75, 3.05) is 6.61 Å². The Labute approximate surface area is 103 Å². The minimum absolute atomic E-state index is 0.164. The molecule has 0 radical (unpaired) electrons. The van der Waals surface area contributed by atoms with Gasteiger partial charge in [-0.25, -0.2) is 0 Å². The molecular weight excluding hydrogens is 216 g/mol. The molecule has 1 aliphatic heterocycles. The molecule has 0 aromatic carbocycles. The summed E-state index contributed by atoms with van der Waals surface area (Å²) in [6.07, 6.45) is 3.37. The van der Waals surface area contributed by atoms with Gasteiger partial charge < -0.3 is 9.84 Å². The Morgan fingerprint density at radius 1 is 1.59 bits per heavy atom. The molecule has 3 unspecified atom stereocenters. The third kappa shape index (κ3) is 2.87. The highest BCUT2D eigenvalue weighted by Crippen LogP contribution is 2.25. The third-order valence-corrected chi connectivity index (χ3v) is 3.54. The van der Waals surface area contributed by atoms with Gasteiger partial charge in [-0.05, 0) is 33.3 Å². The van der Waals surface area contributed by atoms with Gasteiger partial charge in [-0.1, -0.05) is 0 Å². The second-order valence-electron chi connectivity index (χ2n) is 5.18. The first-order valence-electron chi connectivity index (χ1n) is 6.41. The van der Waals surface area contributed by atoms with Crippen LogP contribution in [-0.2, 0) is 11.2 Å². The summed E-state index contributed by atoms with van der Waals surface area (Å²) in [4.78, 5) is 0. The molecule has 4 nitrogen and oxygen atoms in total. The number of rotatable bonds is 4. The highest BCUT2D eigenvalue weighted by molar-refractivity contribution is 5.02. The summed E-state index contributed by atoms with van der Waals surface area (Å²) in [5.74, 6) is 0.249. The molecule has 2 rings (SSSR count). The van der Waals surface area contributed by atoms with Crippen LogP contribution in [0.25, 0.3) is 0 Å². The van der Waals surface area contributed by atoms with Crippen molar-refractivity contribution in [2.45, 2.75) is 51.9 Å². The molecule has 0 spiro atoms. The monoisotopic (exact) mass is 238 g/mol. The van der Waals surface area contributed by atoms with Crippen LogP contribution in [0.1, 0.15) is 38.9 Å². The molecule has 1 aromatic heterocycles. The van der Waals surface area contributed by atoms with Gasteiger partial charge in [0, 0.05) is 31.2 Å². The SMILES string of the molecule is CC1OCCC1C(O)Cc1ccn(C(C)C)n1. The summed E-state index contributed by atoms with van der Waals surface area (Å²) < 4.78 is 7.41. The quantitative estimate of drug-likeness (QED) is 0.870. The van der Waals surface area contributed by atoms with Gasteiger partial charge in [0.15, 0.2) is 0 Å². The van der Waals surface area contributed by atoms with Crippen molar-refractivity contribution in [1.29, 1.82) is 0 Å². The van der Waals surface area contributed by atoms with Crippen LogP contribution in [-0.4, -0.2) is 33.7 Å². The lowest BCUT2D eigenvalue weighted by Gasteiger charge is -2.19. The zero-order chi connectivity index (χ0) is 12.4. The van der Waals surface area contributed by atoms with Gasteiger partial charge in [-0.3, -0.25) is 4.68 Å². The third-order valence-electron chi connectivity index (χ3n) is 3.54. The van der Waals surface area contributed by atoms with Crippen LogP contribution < -0.4 is 0 Å². The maximum absolute atomic E-state index is 10.2. The van der Waals surface area contributed by atoms with Gasteiger partial charge in [-0.2, -0.15) is 5.10 Å². The summed E-state index contributed by atoms with van der Waals surface area (Å²) in [5, 5.41) is 14.7. The van der Waals surface area contributed by atoms with Crippen LogP contribution in [0.2, 0.25) is 0 Å². The van der Waals surface area contributed by atoms with Crippen molar-refractivity contribution in [3.05, 3.63) is 18.0 Å². The van der Waals surface area contributed by atoms with E-state index in [0.717, 1.165) is 18.7 Å². The lowest BCUT2D eigenvalue weighted by molar-refractivity contribution is 0.0435. The molecule has 0 aliphatic carbocycles. The smallest absolute Gasteiger partial charge is 0.0650 e. The second-order valence-corrected chi connectivity index (χ2v) is 5.18. The van der Waals surface area contributed by atoms with Crippen LogP contribution in [0.3, 0.4) is 0 Å². The maximum atomic E-state index is 10.2. The zero-order valence-corrected chi connectivity index (χ0v) is 10.8. The molecule has 0 saturated carbocycles. The van der Waals surface area contributed by atoms with Crippen molar-refractivity contribution in [2.24, 2.45) is 5.92 Å². The number of ether oxygens (including phenoxy) is 1. The van der Waals surface area contributed by atoms with Gasteiger partial charge in [0.2, 0.25) is 0 Å². The first-order valence-corrected chi connectivity index (χ1v) is 6.41. The first-order chi connectivity index (χ1) is 8.08. The molecule has 1 aromatic rings. The average molecular weight is 238 g/mol. The molecule has 2 heterocycles. The normalized spacial score (nSPS) is 26.6. The number of nitrogens with zero attached hydrogens (tertiary/aromatic N) is 2. The van der Waals surface area contributed by atoms with E-state index in [9.17, 15) is 5.11 Å². The summed E-state index contributed by atoms with van der Waals surface area (Å²) in [7, 11) is 0.